The lowest BCUT2D eigenvalue weighted by atomic mass is 10.3. The predicted molar refractivity (Wildman–Crippen MR) is 66.3 cm³/mol. The molecule has 0 unspecified atom stereocenters. The van der Waals surface area contributed by atoms with E-state index in [-0.39, 0.29) is 0 Å². The summed E-state index contributed by atoms with van der Waals surface area (Å²) in [5.41, 5.74) is 5.34. The average molecular weight is 236 g/mol. The van der Waals surface area contributed by atoms with Gasteiger partial charge in [0.05, 0.1) is 24.6 Å². The molecule has 16 heavy (non-hydrogen) atoms. The zero-order valence-electron chi connectivity index (χ0n) is 9.24. The molecule has 1 aliphatic heterocycles. The number of rotatable bonds is 2. The van der Waals surface area contributed by atoms with Crippen molar-refractivity contribution in [1.82, 2.24) is 4.90 Å². The van der Waals surface area contributed by atoms with E-state index in [1.54, 1.807) is 11.3 Å². The molecule has 3 nitrogen and oxygen atoms in total. The molecule has 0 amide bonds. The molecule has 0 atom stereocenters. The minimum Gasteiger partial charge on any atom is -0.379 e. The lowest BCUT2D eigenvalue weighted by molar-refractivity contribution is 0.0346. The van der Waals surface area contributed by atoms with Crippen molar-refractivity contribution in [3.63, 3.8) is 0 Å². The van der Waals surface area contributed by atoms with Gasteiger partial charge in [-0.3, -0.25) is 4.90 Å². The van der Waals surface area contributed by atoms with Gasteiger partial charge in [0.15, 0.2) is 0 Å². The maximum atomic E-state index is 5.34. The fourth-order valence-electron chi connectivity index (χ4n) is 1.65. The monoisotopic (exact) mass is 236 g/mol. The number of nitrogens with two attached hydrogens (primary N) is 1. The van der Waals surface area contributed by atoms with Gasteiger partial charge in [-0.25, -0.2) is 0 Å². The Morgan fingerprint density at radius 1 is 1.38 bits per heavy atom. The summed E-state index contributed by atoms with van der Waals surface area (Å²) >= 11 is 1.75. The third-order valence-electron chi connectivity index (χ3n) is 2.46. The van der Waals surface area contributed by atoms with Crippen LogP contribution in [0, 0.1) is 11.8 Å². The van der Waals surface area contributed by atoms with E-state index in [0.717, 1.165) is 37.7 Å². The summed E-state index contributed by atoms with van der Waals surface area (Å²) < 4.78 is 5.32. The molecular weight excluding hydrogens is 220 g/mol. The minimum atomic E-state index is 0.427. The number of thiophene rings is 1. The minimum absolute atomic E-state index is 0.427. The highest BCUT2D eigenvalue weighted by molar-refractivity contribution is 7.12. The Balaban J connectivity index is 1.91. The van der Waals surface area contributed by atoms with Crippen molar-refractivity contribution < 1.29 is 4.74 Å². The van der Waals surface area contributed by atoms with E-state index in [2.05, 4.69) is 28.9 Å². The van der Waals surface area contributed by atoms with Gasteiger partial charge in [-0.15, -0.1) is 11.3 Å². The largest absolute Gasteiger partial charge is 0.379 e. The number of nitrogens with zero attached hydrogens (tertiary/aromatic N) is 1. The van der Waals surface area contributed by atoms with E-state index in [4.69, 9.17) is 10.5 Å². The lowest BCUT2D eigenvalue weighted by Crippen LogP contribution is -2.35. The van der Waals surface area contributed by atoms with Crippen molar-refractivity contribution in [2.45, 2.75) is 6.54 Å². The maximum absolute atomic E-state index is 5.34. The van der Waals surface area contributed by atoms with Crippen LogP contribution in [-0.4, -0.2) is 37.7 Å². The summed E-state index contributed by atoms with van der Waals surface area (Å²) in [4.78, 5) is 4.88. The van der Waals surface area contributed by atoms with Gasteiger partial charge in [-0.1, -0.05) is 11.8 Å². The predicted octanol–water partition coefficient (Wildman–Crippen LogP) is 0.890. The van der Waals surface area contributed by atoms with Crippen molar-refractivity contribution in [3.8, 4) is 11.8 Å². The fourth-order valence-corrected chi connectivity index (χ4v) is 2.57. The summed E-state index contributed by atoms with van der Waals surface area (Å²) in [6.45, 7) is 5.20. The van der Waals surface area contributed by atoms with Crippen LogP contribution in [0.5, 0.6) is 0 Å². The molecule has 0 radical (unpaired) electrons. The average Bonchev–Trinajstić information content (AvgIpc) is 2.75. The van der Waals surface area contributed by atoms with Crippen molar-refractivity contribution >= 4 is 11.3 Å². The first-order valence-electron chi connectivity index (χ1n) is 5.46. The highest BCUT2D eigenvalue weighted by Gasteiger charge is 2.11. The molecule has 0 spiro atoms. The lowest BCUT2D eigenvalue weighted by Gasteiger charge is -2.25. The van der Waals surface area contributed by atoms with Crippen molar-refractivity contribution in [2.75, 3.05) is 32.8 Å². The normalized spacial score (nSPS) is 16.8. The maximum Gasteiger partial charge on any atom is 0.0772 e. The van der Waals surface area contributed by atoms with E-state index in [1.807, 2.05) is 0 Å². The van der Waals surface area contributed by atoms with Gasteiger partial charge in [0, 0.05) is 24.5 Å². The van der Waals surface area contributed by atoms with Crippen LogP contribution in [0.4, 0.5) is 0 Å². The number of morpholine rings is 1. The van der Waals surface area contributed by atoms with Crippen LogP contribution in [0.3, 0.4) is 0 Å². The molecule has 0 aliphatic carbocycles. The second-order valence-electron chi connectivity index (χ2n) is 3.66. The van der Waals surface area contributed by atoms with Gasteiger partial charge in [-0.05, 0) is 12.1 Å². The highest BCUT2D eigenvalue weighted by Crippen LogP contribution is 2.17. The van der Waals surface area contributed by atoms with Gasteiger partial charge >= 0.3 is 0 Å². The van der Waals surface area contributed by atoms with Gasteiger partial charge in [0.25, 0.3) is 0 Å². The van der Waals surface area contributed by atoms with E-state index >= 15 is 0 Å². The smallest absolute Gasteiger partial charge is 0.0772 e. The summed E-state index contributed by atoms with van der Waals surface area (Å²) in [7, 11) is 0. The Morgan fingerprint density at radius 2 is 2.19 bits per heavy atom. The fraction of sp³-hybridized carbons (Fsp3) is 0.500. The number of hydrogen-bond acceptors (Lipinski definition) is 4. The Morgan fingerprint density at radius 3 is 2.94 bits per heavy atom. The van der Waals surface area contributed by atoms with Gasteiger partial charge in [-0.2, -0.15) is 0 Å². The van der Waals surface area contributed by atoms with Crippen molar-refractivity contribution in [2.24, 2.45) is 5.73 Å². The number of hydrogen-bond donors (Lipinski definition) is 1. The van der Waals surface area contributed by atoms with Crippen LogP contribution < -0.4 is 5.73 Å². The zero-order valence-corrected chi connectivity index (χ0v) is 10.1. The summed E-state index contributed by atoms with van der Waals surface area (Å²) in [5, 5.41) is 0. The molecule has 1 saturated heterocycles. The van der Waals surface area contributed by atoms with Crippen molar-refractivity contribution in [3.05, 3.63) is 21.9 Å². The molecule has 4 heteroatoms. The van der Waals surface area contributed by atoms with Gasteiger partial charge in [0.1, 0.15) is 0 Å². The molecule has 1 fully saturated rings. The molecule has 1 aromatic rings. The van der Waals surface area contributed by atoms with Crippen LogP contribution >= 0.6 is 11.3 Å². The second kappa shape index (κ2) is 6.02. The first-order chi connectivity index (χ1) is 7.88. The Hall–Kier alpha value is -0.860. The van der Waals surface area contributed by atoms with Crippen LogP contribution in [0.25, 0.3) is 0 Å². The van der Waals surface area contributed by atoms with E-state index < -0.39 is 0 Å². The van der Waals surface area contributed by atoms with Crippen LogP contribution in [0.2, 0.25) is 0 Å². The highest BCUT2D eigenvalue weighted by atomic mass is 32.1. The Labute approximate surface area is 100 Å². The summed E-state index contributed by atoms with van der Waals surface area (Å²) in [6, 6.07) is 4.23. The SMILES string of the molecule is NCC#Cc1ccc(CN2CCOCC2)s1. The first-order valence-corrected chi connectivity index (χ1v) is 6.28. The number of ether oxygens (including phenoxy) is 1. The van der Waals surface area contributed by atoms with Crippen LogP contribution in [-0.2, 0) is 11.3 Å². The molecule has 0 bridgehead atoms. The molecule has 0 saturated carbocycles. The second-order valence-corrected chi connectivity index (χ2v) is 4.83. The quantitative estimate of drug-likeness (QED) is 0.775. The molecule has 86 valence electrons. The van der Waals surface area contributed by atoms with Gasteiger partial charge < -0.3 is 10.5 Å². The molecule has 2 heterocycles. The van der Waals surface area contributed by atoms with E-state index in [1.165, 1.54) is 4.88 Å². The molecule has 0 aromatic carbocycles. The summed E-state index contributed by atoms with van der Waals surface area (Å²) in [5.74, 6) is 5.94. The van der Waals surface area contributed by atoms with E-state index in [0.29, 0.717) is 6.54 Å². The molecule has 1 aromatic heterocycles. The molecule has 2 N–H and O–H groups in total. The summed E-state index contributed by atoms with van der Waals surface area (Å²) in [6.07, 6.45) is 0. The van der Waals surface area contributed by atoms with Crippen LogP contribution in [0.1, 0.15) is 9.75 Å². The first kappa shape index (κ1) is 11.6. The third-order valence-corrected chi connectivity index (χ3v) is 3.44. The molecule has 2 rings (SSSR count). The third kappa shape index (κ3) is 3.32. The Kier molecular flexibility index (Phi) is 4.37. The van der Waals surface area contributed by atoms with Crippen LogP contribution in [0.15, 0.2) is 12.1 Å². The molecule has 1 aliphatic rings. The molecular formula is C12H16N2OS. The topological polar surface area (TPSA) is 38.5 Å². The van der Waals surface area contributed by atoms with Crippen molar-refractivity contribution in [1.29, 1.82) is 0 Å². The standard InChI is InChI=1S/C12H16N2OS/c13-5-1-2-11-3-4-12(16-11)10-14-6-8-15-9-7-14/h3-4H,5-10,13H2. The van der Waals surface area contributed by atoms with E-state index in [9.17, 15) is 0 Å². The Bertz CT molecular complexity index is 385. The zero-order chi connectivity index (χ0) is 11.2. The van der Waals surface area contributed by atoms with Gasteiger partial charge in [0.2, 0.25) is 0 Å².